The number of piperidine rings is 1. The molecule has 3 saturated heterocycles. The summed E-state index contributed by atoms with van der Waals surface area (Å²) in [5.74, 6) is 1.83. The summed E-state index contributed by atoms with van der Waals surface area (Å²) >= 11 is 0. The molecule has 0 radical (unpaired) electrons. The second kappa shape index (κ2) is 6.52. The zero-order chi connectivity index (χ0) is 16.5. The highest BCUT2D eigenvalue weighted by Gasteiger charge is 2.36. The molecule has 3 fully saturated rings. The highest BCUT2D eigenvalue weighted by molar-refractivity contribution is 5.50. The van der Waals surface area contributed by atoms with Crippen LogP contribution in [0.3, 0.4) is 0 Å². The molecule has 4 heterocycles. The SMILES string of the molecule is Cc1cnnc(N2C[C@@H]3CC[C@H]2CN(Cc2ccccc2)C3)c1C. The normalized spacial score (nSPS) is 24.2. The largest absolute Gasteiger partial charge is 0.350 e. The van der Waals surface area contributed by atoms with Gasteiger partial charge in [0, 0.05) is 32.2 Å². The molecule has 24 heavy (non-hydrogen) atoms. The Morgan fingerprint density at radius 2 is 1.88 bits per heavy atom. The van der Waals surface area contributed by atoms with Crippen molar-refractivity contribution in [3.05, 3.63) is 53.2 Å². The zero-order valence-electron chi connectivity index (χ0n) is 14.7. The van der Waals surface area contributed by atoms with E-state index in [2.05, 4.69) is 64.2 Å². The third kappa shape index (κ3) is 3.03. The summed E-state index contributed by atoms with van der Waals surface area (Å²) in [6, 6.07) is 11.4. The van der Waals surface area contributed by atoms with Crippen LogP contribution < -0.4 is 4.90 Å². The van der Waals surface area contributed by atoms with Crippen LogP contribution in [-0.2, 0) is 6.54 Å². The maximum atomic E-state index is 4.49. The summed E-state index contributed by atoms with van der Waals surface area (Å²) in [5, 5.41) is 8.71. The molecule has 5 rings (SSSR count). The molecule has 3 aliphatic heterocycles. The van der Waals surface area contributed by atoms with E-state index in [-0.39, 0.29) is 0 Å². The topological polar surface area (TPSA) is 32.3 Å². The smallest absolute Gasteiger partial charge is 0.154 e. The molecule has 2 bridgehead atoms. The quantitative estimate of drug-likeness (QED) is 0.869. The number of rotatable bonds is 3. The lowest BCUT2D eigenvalue weighted by Gasteiger charge is -2.37. The van der Waals surface area contributed by atoms with Gasteiger partial charge < -0.3 is 4.90 Å². The fourth-order valence-corrected chi connectivity index (χ4v) is 4.20. The van der Waals surface area contributed by atoms with E-state index < -0.39 is 0 Å². The van der Waals surface area contributed by atoms with Gasteiger partial charge in [-0.05, 0) is 49.3 Å². The predicted molar refractivity (Wildman–Crippen MR) is 97.1 cm³/mol. The van der Waals surface area contributed by atoms with Crippen LogP contribution in [0.15, 0.2) is 36.5 Å². The fraction of sp³-hybridized carbons (Fsp3) is 0.500. The minimum atomic E-state index is 0.558. The van der Waals surface area contributed by atoms with Crippen molar-refractivity contribution in [1.82, 2.24) is 15.1 Å². The first kappa shape index (κ1) is 15.6. The first-order valence-electron chi connectivity index (χ1n) is 9.02. The predicted octanol–water partition coefficient (Wildman–Crippen LogP) is 3.19. The minimum absolute atomic E-state index is 0.558. The summed E-state index contributed by atoms with van der Waals surface area (Å²) in [7, 11) is 0. The third-order valence-electron chi connectivity index (χ3n) is 5.64. The minimum Gasteiger partial charge on any atom is -0.350 e. The second-order valence-corrected chi connectivity index (χ2v) is 7.41. The molecule has 4 heteroatoms. The number of anilines is 1. The summed E-state index contributed by atoms with van der Waals surface area (Å²) < 4.78 is 0. The van der Waals surface area contributed by atoms with Gasteiger partial charge in [-0.25, -0.2) is 0 Å². The Hall–Kier alpha value is -1.94. The molecule has 0 saturated carbocycles. The lowest BCUT2D eigenvalue weighted by atomic mass is 9.94. The van der Waals surface area contributed by atoms with Crippen molar-refractivity contribution >= 4 is 5.82 Å². The molecule has 1 aromatic heterocycles. The van der Waals surface area contributed by atoms with Gasteiger partial charge in [-0.1, -0.05) is 30.3 Å². The van der Waals surface area contributed by atoms with E-state index in [9.17, 15) is 0 Å². The van der Waals surface area contributed by atoms with Gasteiger partial charge in [-0.3, -0.25) is 4.90 Å². The van der Waals surface area contributed by atoms with Gasteiger partial charge in [0.1, 0.15) is 0 Å². The number of hydrogen-bond donors (Lipinski definition) is 0. The number of hydrogen-bond acceptors (Lipinski definition) is 4. The average molecular weight is 322 g/mol. The van der Waals surface area contributed by atoms with E-state index in [4.69, 9.17) is 0 Å². The molecule has 0 N–H and O–H groups in total. The number of benzene rings is 1. The van der Waals surface area contributed by atoms with Crippen LogP contribution in [0.4, 0.5) is 5.82 Å². The van der Waals surface area contributed by atoms with Crippen molar-refractivity contribution in [3.63, 3.8) is 0 Å². The Kier molecular flexibility index (Phi) is 4.23. The van der Waals surface area contributed by atoms with Crippen LogP contribution in [0.25, 0.3) is 0 Å². The summed E-state index contributed by atoms with van der Waals surface area (Å²) in [5.41, 5.74) is 3.94. The average Bonchev–Trinajstić information content (AvgIpc) is 2.89. The van der Waals surface area contributed by atoms with E-state index in [1.807, 2.05) is 6.20 Å². The second-order valence-electron chi connectivity index (χ2n) is 7.41. The van der Waals surface area contributed by atoms with Crippen LogP contribution in [-0.4, -0.2) is 40.8 Å². The Labute approximate surface area is 144 Å². The van der Waals surface area contributed by atoms with Crippen molar-refractivity contribution in [2.75, 3.05) is 24.5 Å². The summed E-state index contributed by atoms with van der Waals surface area (Å²) in [4.78, 5) is 5.17. The molecular formula is C20H26N4. The number of aromatic nitrogens is 2. The van der Waals surface area contributed by atoms with Gasteiger partial charge in [0.05, 0.1) is 6.20 Å². The first-order chi connectivity index (χ1) is 11.7. The Bertz CT molecular complexity index is 700. The van der Waals surface area contributed by atoms with Crippen molar-refractivity contribution in [2.24, 2.45) is 5.92 Å². The molecule has 2 aromatic rings. The molecule has 0 amide bonds. The summed E-state index contributed by atoms with van der Waals surface area (Å²) in [6.07, 6.45) is 4.48. The van der Waals surface area contributed by atoms with Crippen LogP contribution in [0, 0.1) is 19.8 Å². The van der Waals surface area contributed by atoms with Gasteiger partial charge in [0.2, 0.25) is 0 Å². The van der Waals surface area contributed by atoms with Gasteiger partial charge in [0.15, 0.2) is 5.82 Å². The van der Waals surface area contributed by atoms with Gasteiger partial charge in [-0.15, -0.1) is 5.10 Å². The Morgan fingerprint density at radius 1 is 1.04 bits per heavy atom. The summed E-state index contributed by atoms with van der Waals surface area (Å²) in [6.45, 7) is 8.81. The van der Waals surface area contributed by atoms with Crippen molar-refractivity contribution in [3.8, 4) is 0 Å². The highest BCUT2D eigenvalue weighted by atomic mass is 15.3. The van der Waals surface area contributed by atoms with Gasteiger partial charge in [0.25, 0.3) is 0 Å². The van der Waals surface area contributed by atoms with E-state index >= 15 is 0 Å². The van der Waals surface area contributed by atoms with E-state index in [1.165, 1.54) is 36.1 Å². The van der Waals surface area contributed by atoms with E-state index in [0.717, 1.165) is 31.4 Å². The number of aryl methyl sites for hydroxylation is 1. The maximum absolute atomic E-state index is 4.49. The zero-order valence-corrected chi connectivity index (χ0v) is 14.7. The lowest BCUT2D eigenvalue weighted by molar-refractivity contribution is 0.256. The lowest BCUT2D eigenvalue weighted by Crippen LogP contribution is -2.45. The highest BCUT2D eigenvalue weighted by Crippen LogP contribution is 2.33. The number of fused-ring (bicyclic) bond motifs is 4. The molecule has 2 atom stereocenters. The van der Waals surface area contributed by atoms with Gasteiger partial charge in [-0.2, -0.15) is 5.10 Å². The van der Waals surface area contributed by atoms with Crippen LogP contribution in [0.1, 0.15) is 29.5 Å². The van der Waals surface area contributed by atoms with Gasteiger partial charge >= 0.3 is 0 Å². The molecule has 0 unspecified atom stereocenters. The molecule has 3 aliphatic rings. The molecule has 1 aromatic carbocycles. The monoisotopic (exact) mass is 322 g/mol. The van der Waals surface area contributed by atoms with E-state index in [1.54, 1.807) is 0 Å². The number of nitrogens with zero attached hydrogens (tertiary/aromatic N) is 4. The third-order valence-corrected chi connectivity index (χ3v) is 5.64. The Balaban J connectivity index is 1.56. The first-order valence-corrected chi connectivity index (χ1v) is 9.02. The standard InChI is InChI=1S/C20H26N4/c1-15-10-21-22-20(16(15)2)24-13-18-8-9-19(24)14-23(12-18)11-17-6-4-3-5-7-17/h3-7,10,18-19H,8-9,11-14H2,1-2H3/t18-,19+/m1/s1. The van der Waals surface area contributed by atoms with Crippen LogP contribution >= 0.6 is 0 Å². The molecule has 126 valence electrons. The molecule has 0 spiro atoms. The van der Waals surface area contributed by atoms with Crippen molar-refractivity contribution in [1.29, 1.82) is 0 Å². The van der Waals surface area contributed by atoms with E-state index in [0.29, 0.717) is 6.04 Å². The Morgan fingerprint density at radius 3 is 2.71 bits per heavy atom. The molecule has 4 nitrogen and oxygen atoms in total. The van der Waals surface area contributed by atoms with Crippen molar-refractivity contribution in [2.45, 2.75) is 39.3 Å². The van der Waals surface area contributed by atoms with Crippen LogP contribution in [0.2, 0.25) is 0 Å². The maximum Gasteiger partial charge on any atom is 0.154 e. The molecule has 0 aliphatic carbocycles. The molecular weight excluding hydrogens is 296 g/mol. The van der Waals surface area contributed by atoms with Crippen LogP contribution in [0.5, 0.6) is 0 Å². The van der Waals surface area contributed by atoms with Crippen molar-refractivity contribution < 1.29 is 0 Å². The fourth-order valence-electron chi connectivity index (χ4n) is 4.20.